The summed E-state index contributed by atoms with van der Waals surface area (Å²) in [6, 6.07) is 0. The smallest absolute Gasteiger partial charge is 0.265 e. The fourth-order valence-electron chi connectivity index (χ4n) is 3.51. The van der Waals surface area contributed by atoms with Gasteiger partial charge in [-0.1, -0.05) is 0 Å². The molecule has 0 spiro atoms. The Morgan fingerprint density at radius 3 is 2.92 bits per heavy atom. The van der Waals surface area contributed by atoms with Crippen LogP contribution in [0.2, 0.25) is 0 Å². The van der Waals surface area contributed by atoms with E-state index in [9.17, 15) is 9.59 Å². The highest BCUT2D eigenvalue weighted by Gasteiger charge is 2.26. The maximum Gasteiger partial charge on any atom is 0.265 e. The number of amides is 1. The van der Waals surface area contributed by atoms with Gasteiger partial charge in [0.1, 0.15) is 15.7 Å². The van der Waals surface area contributed by atoms with Gasteiger partial charge in [0.25, 0.3) is 11.5 Å². The molecule has 4 rings (SSSR count). The Hall–Kier alpha value is -2.06. The largest absolute Gasteiger partial charge is 0.332 e. The third kappa shape index (κ3) is 3.36. The number of aromatic nitrogens is 3. The van der Waals surface area contributed by atoms with Crippen LogP contribution in [0.5, 0.6) is 0 Å². The number of nitrogens with one attached hydrogen (secondary N) is 1. The third-order valence-electron chi connectivity index (χ3n) is 4.80. The number of aromatic amines is 1. The Kier molecular flexibility index (Phi) is 4.39. The van der Waals surface area contributed by atoms with E-state index in [0.717, 1.165) is 24.6 Å². The second-order valence-electron chi connectivity index (χ2n) is 6.65. The lowest BCUT2D eigenvalue weighted by Gasteiger charge is -2.27. The maximum absolute atomic E-state index is 12.8. The lowest BCUT2D eigenvalue weighted by molar-refractivity contribution is 0.0735. The molecular weight excluding hydrogens is 338 g/mol. The van der Waals surface area contributed by atoms with Crippen LogP contribution in [0.1, 0.15) is 44.6 Å². The summed E-state index contributed by atoms with van der Waals surface area (Å²) >= 11 is 1.48. The van der Waals surface area contributed by atoms with Crippen molar-refractivity contribution >= 4 is 17.2 Å². The molecule has 2 aromatic heterocycles. The first-order valence-corrected chi connectivity index (χ1v) is 9.47. The van der Waals surface area contributed by atoms with Gasteiger partial charge in [0.05, 0.1) is 25.0 Å². The van der Waals surface area contributed by atoms with Crippen molar-refractivity contribution < 1.29 is 4.79 Å². The monoisotopic (exact) mass is 359 g/mol. The van der Waals surface area contributed by atoms with Crippen molar-refractivity contribution in [2.24, 2.45) is 0 Å². The zero-order chi connectivity index (χ0) is 17.4. The van der Waals surface area contributed by atoms with Crippen LogP contribution < -0.4 is 5.56 Å². The van der Waals surface area contributed by atoms with Gasteiger partial charge in [-0.25, -0.2) is 9.97 Å². The molecule has 2 aliphatic rings. The molecule has 0 atom stereocenters. The van der Waals surface area contributed by atoms with Gasteiger partial charge < -0.3 is 9.88 Å². The van der Waals surface area contributed by atoms with Crippen molar-refractivity contribution in [2.45, 2.75) is 39.3 Å². The minimum atomic E-state index is -0.0831. The van der Waals surface area contributed by atoms with E-state index >= 15 is 0 Å². The molecule has 0 radical (unpaired) electrons. The summed E-state index contributed by atoms with van der Waals surface area (Å²) in [5.41, 5.74) is 1.33. The highest BCUT2D eigenvalue weighted by Crippen LogP contribution is 2.22. The lowest BCUT2D eigenvalue weighted by atomic mass is 10.1. The van der Waals surface area contributed by atoms with E-state index in [2.05, 4.69) is 19.9 Å². The molecule has 132 valence electrons. The summed E-state index contributed by atoms with van der Waals surface area (Å²) in [6.07, 6.45) is 4.72. The number of carbonyl (C=O) groups excluding carboxylic acids is 1. The summed E-state index contributed by atoms with van der Waals surface area (Å²) in [4.78, 5) is 41.2. The Morgan fingerprint density at radius 1 is 1.32 bits per heavy atom. The van der Waals surface area contributed by atoms with Crippen LogP contribution in [-0.4, -0.2) is 50.3 Å². The van der Waals surface area contributed by atoms with E-state index in [1.807, 2.05) is 0 Å². The predicted octanol–water partition coefficient (Wildman–Crippen LogP) is 1.33. The fourth-order valence-corrected chi connectivity index (χ4v) is 4.44. The molecule has 2 aromatic rings. The van der Waals surface area contributed by atoms with E-state index < -0.39 is 0 Å². The molecule has 7 nitrogen and oxygen atoms in total. The number of nitrogens with zero attached hydrogens (tertiary/aromatic N) is 4. The van der Waals surface area contributed by atoms with Crippen molar-refractivity contribution in [3.05, 3.63) is 43.5 Å². The first-order valence-electron chi connectivity index (χ1n) is 8.65. The Morgan fingerprint density at radius 2 is 2.12 bits per heavy atom. The number of hydrogen-bond donors (Lipinski definition) is 1. The Balaban J connectivity index is 1.48. The van der Waals surface area contributed by atoms with Crippen molar-refractivity contribution in [3.63, 3.8) is 0 Å². The van der Waals surface area contributed by atoms with Crippen LogP contribution in [-0.2, 0) is 19.5 Å². The maximum atomic E-state index is 12.8. The fraction of sp³-hybridized carbons (Fsp3) is 0.529. The van der Waals surface area contributed by atoms with Gasteiger partial charge in [-0.15, -0.1) is 11.3 Å². The normalized spacial score (nSPS) is 17.7. The van der Waals surface area contributed by atoms with Crippen LogP contribution in [0.25, 0.3) is 0 Å². The first kappa shape index (κ1) is 16.4. The Bertz CT molecular complexity index is 853. The van der Waals surface area contributed by atoms with Crippen molar-refractivity contribution in [3.8, 4) is 0 Å². The SMILES string of the molecule is Cc1nc2c(c(=O)[nH]1)CCN(C(=O)c1cnc(CN3CCCC3)s1)C2. The summed E-state index contributed by atoms with van der Waals surface area (Å²) in [7, 11) is 0. The number of likely N-dealkylation sites (tertiary alicyclic amines) is 1. The molecule has 0 aliphatic carbocycles. The van der Waals surface area contributed by atoms with Crippen LogP contribution in [0.15, 0.2) is 11.0 Å². The quantitative estimate of drug-likeness (QED) is 0.894. The van der Waals surface area contributed by atoms with Crippen LogP contribution in [0.4, 0.5) is 0 Å². The molecule has 2 aliphatic heterocycles. The number of hydrogen-bond acceptors (Lipinski definition) is 6. The number of thiazole rings is 1. The van der Waals surface area contributed by atoms with Gasteiger partial charge in [0.15, 0.2) is 0 Å². The number of H-pyrrole nitrogens is 1. The molecule has 1 fully saturated rings. The van der Waals surface area contributed by atoms with Crippen LogP contribution in [0.3, 0.4) is 0 Å². The van der Waals surface area contributed by atoms with Crippen molar-refractivity contribution in [1.29, 1.82) is 0 Å². The summed E-state index contributed by atoms with van der Waals surface area (Å²) < 4.78 is 0. The average Bonchev–Trinajstić information content (AvgIpc) is 3.26. The van der Waals surface area contributed by atoms with Gasteiger partial charge >= 0.3 is 0 Å². The van der Waals surface area contributed by atoms with Gasteiger partial charge in [0.2, 0.25) is 0 Å². The molecule has 25 heavy (non-hydrogen) atoms. The molecular formula is C17H21N5O2S. The summed E-state index contributed by atoms with van der Waals surface area (Å²) in [5, 5.41) is 0.994. The van der Waals surface area contributed by atoms with E-state index in [0.29, 0.717) is 41.5 Å². The zero-order valence-electron chi connectivity index (χ0n) is 14.2. The third-order valence-corrected chi connectivity index (χ3v) is 5.77. The topological polar surface area (TPSA) is 82.2 Å². The number of carbonyl (C=O) groups is 1. The molecule has 0 aromatic carbocycles. The van der Waals surface area contributed by atoms with E-state index in [1.54, 1.807) is 18.0 Å². The second-order valence-corrected chi connectivity index (χ2v) is 7.77. The standard InChI is InChI=1S/C17H21N5O2S/c1-11-19-13-9-22(7-4-12(13)16(23)20-11)17(24)14-8-18-15(25-14)10-21-5-2-3-6-21/h8H,2-7,9-10H2,1H3,(H,19,20,23). The number of rotatable bonds is 3. The van der Waals surface area contributed by atoms with Gasteiger partial charge in [-0.05, 0) is 39.3 Å². The minimum absolute atomic E-state index is 0.0180. The molecule has 0 unspecified atom stereocenters. The number of aryl methyl sites for hydroxylation is 1. The molecule has 0 bridgehead atoms. The molecule has 1 saturated heterocycles. The van der Waals surface area contributed by atoms with Gasteiger partial charge in [0, 0.05) is 12.1 Å². The molecule has 1 amide bonds. The van der Waals surface area contributed by atoms with E-state index in [-0.39, 0.29) is 11.5 Å². The highest BCUT2D eigenvalue weighted by molar-refractivity contribution is 7.13. The summed E-state index contributed by atoms with van der Waals surface area (Å²) in [6.45, 7) is 5.75. The van der Waals surface area contributed by atoms with Gasteiger partial charge in [-0.3, -0.25) is 14.5 Å². The van der Waals surface area contributed by atoms with Crippen LogP contribution in [0, 0.1) is 6.92 Å². The Labute approximate surface area is 149 Å². The van der Waals surface area contributed by atoms with E-state index in [4.69, 9.17) is 0 Å². The van der Waals surface area contributed by atoms with Crippen molar-refractivity contribution in [1.82, 2.24) is 24.8 Å². The molecule has 1 N–H and O–H groups in total. The van der Waals surface area contributed by atoms with Crippen molar-refractivity contribution in [2.75, 3.05) is 19.6 Å². The first-order chi connectivity index (χ1) is 12.1. The molecule has 4 heterocycles. The molecule has 8 heteroatoms. The lowest BCUT2D eigenvalue weighted by Crippen LogP contribution is -2.39. The number of fused-ring (bicyclic) bond motifs is 1. The summed E-state index contributed by atoms with van der Waals surface area (Å²) in [5.74, 6) is 0.569. The second kappa shape index (κ2) is 6.68. The van der Waals surface area contributed by atoms with E-state index in [1.165, 1.54) is 24.2 Å². The van der Waals surface area contributed by atoms with Crippen LogP contribution >= 0.6 is 11.3 Å². The predicted molar refractivity (Wildman–Crippen MR) is 94.7 cm³/mol. The molecule has 0 saturated carbocycles. The highest BCUT2D eigenvalue weighted by atomic mass is 32.1. The zero-order valence-corrected chi connectivity index (χ0v) is 15.1. The average molecular weight is 359 g/mol. The minimum Gasteiger partial charge on any atom is -0.332 e. The van der Waals surface area contributed by atoms with Gasteiger partial charge in [-0.2, -0.15) is 0 Å².